The number of benzene rings is 1. The Labute approximate surface area is 130 Å². The number of hydrogen-bond acceptors (Lipinski definition) is 4. The molecule has 0 aromatic heterocycles. The highest BCUT2D eigenvalue weighted by Crippen LogP contribution is 2.29. The molecule has 1 aromatic carbocycles. The Kier molecular flexibility index (Phi) is 4.78. The third-order valence-corrected chi connectivity index (χ3v) is 3.48. The fourth-order valence-electron chi connectivity index (χ4n) is 2.64. The van der Waals surface area contributed by atoms with E-state index in [2.05, 4.69) is 5.32 Å². The van der Waals surface area contributed by atoms with Gasteiger partial charge in [-0.1, -0.05) is 6.07 Å². The first-order valence-corrected chi connectivity index (χ1v) is 7.55. The van der Waals surface area contributed by atoms with Crippen molar-refractivity contribution in [1.29, 1.82) is 0 Å². The molecule has 0 radical (unpaired) electrons. The number of amides is 1. The van der Waals surface area contributed by atoms with Crippen molar-refractivity contribution in [1.82, 2.24) is 5.32 Å². The zero-order valence-electron chi connectivity index (χ0n) is 13.4. The molecule has 6 heteroatoms. The number of nitrogens with two attached hydrogens (primary N) is 1. The van der Waals surface area contributed by atoms with E-state index in [9.17, 15) is 9.18 Å². The number of hydrogen-bond donors (Lipinski definition) is 2. The molecule has 1 amide bonds. The second kappa shape index (κ2) is 6.42. The molecule has 0 unspecified atom stereocenters. The number of halogens is 1. The van der Waals surface area contributed by atoms with Crippen molar-refractivity contribution < 1.29 is 13.9 Å². The molecule has 0 aliphatic carbocycles. The molecule has 1 heterocycles. The number of carbonyl (C=O) groups excluding carboxylic acids is 1. The van der Waals surface area contributed by atoms with Crippen LogP contribution in [0.15, 0.2) is 18.2 Å². The van der Waals surface area contributed by atoms with E-state index in [-0.39, 0.29) is 11.9 Å². The highest BCUT2D eigenvalue weighted by Gasteiger charge is 2.26. The second-order valence-corrected chi connectivity index (χ2v) is 6.61. The summed E-state index contributed by atoms with van der Waals surface area (Å²) in [4.78, 5) is 13.7. The Bertz CT molecular complexity index is 522. The van der Waals surface area contributed by atoms with Crippen molar-refractivity contribution in [2.24, 2.45) is 0 Å². The Hall–Kier alpha value is -1.98. The first-order chi connectivity index (χ1) is 10.3. The number of nitrogens with zero attached hydrogens (tertiary/aromatic N) is 1. The number of piperidine rings is 1. The van der Waals surface area contributed by atoms with Gasteiger partial charge in [0.15, 0.2) is 0 Å². The molecule has 1 aliphatic heterocycles. The van der Waals surface area contributed by atoms with E-state index in [0.29, 0.717) is 17.9 Å². The summed E-state index contributed by atoms with van der Waals surface area (Å²) >= 11 is 0. The molecule has 2 rings (SSSR count). The Morgan fingerprint density at radius 2 is 2.18 bits per heavy atom. The minimum Gasteiger partial charge on any atom is -0.444 e. The maximum absolute atomic E-state index is 14.0. The molecule has 1 saturated heterocycles. The van der Waals surface area contributed by atoms with Gasteiger partial charge in [0, 0.05) is 19.1 Å². The molecule has 1 aliphatic rings. The van der Waals surface area contributed by atoms with Crippen molar-refractivity contribution in [3.05, 3.63) is 24.0 Å². The fourth-order valence-corrected chi connectivity index (χ4v) is 2.64. The van der Waals surface area contributed by atoms with E-state index in [4.69, 9.17) is 10.5 Å². The first kappa shape index (κ1) is 16.4. The van der Waals surface area contributed by atoms with Crippen molar-refractivity contribution >= 4 is 17.5 Å². The minimum absolute atomic E-state index is 0.0809. The first-order valence-electron chi connectivity index (χ1n) is 7.55. The molecule has 3 N–H and O–H groups in total. The van der Waals surface area contributed by atoms with Crippen molar-refractivity contribution in [3.63, 3.8) is 0 Å². The summed E-state index contributed by atoms with van der Waals surface area (Å²) in [7, 11) is 0. The fraction of sp³-hybridized carbons (Fsp3) is 0.562. The summed E-state index contributed by atoms with van der Waals surface area (Å²) in [5.41, 5.74) is 6.18. The zero-order chi connectivity index (χ0) is 16.3. The van der Waals surface area contributed by atoms with Gasteiger partial charge in [-0.2, -0.15) is 0 Å². The van der Waals surface area contributed by atoms with Crippen LogP contribution in [0.1, 0.15) is 33.6 Å². The minimum atomic E-state index is -0.533. The number of ether oxygens (including phenoxy) is 1. The van der Waals surface area contributed by atoms with E-state index in [1.54, 1.807) is 12.1 Å². The van der Waals surface area contributed by atoms with Gasteiger partial charge in [0.05, 0.1) is 11.4 Å². The van der Waals surface area contributed by atoms with Crippen molar-refractivity contribution in [3.8, 4) is 0 Å². The molecule has 0 saturated carbocycles. The highest BCUT2D eigenvalue weighted by molar-refractivity contribution is 5.70. The Morgan fingerprint density at radius 3 is 2.82 bits per heavy atom. The van der Waals surface area contributed by atoms with Crippen LogP contribution in [0.3, 0.4) is 0 Å². The average Bonchev–Trinajstić information content (AvgIpc) is 2.36. The van der Waals surface area contributed by atoms with E-state index in [1.165, 1.54) is 6.07 Å². The van der Waals surface area contributed by atoms with Gasteiger partial charge in [0.1, 0.15) is 11.4 Å². The zero-order valence-corrected chi connectivity index (χ0v) is 13.4. The lowest BCUT2D eigenvalue weighted by Crippen LogP contribution is -2.49. The predicted molar refractivity (Wildman–Crippen MR) is 85.4 cm³/mol. The molecular formula is C16H24FN3O2. The third-order valence-electron chi connectivity index (χ3n) is 3.48. The maximum Gasteiger partial charge on any atom is 0.407 e. The second-order valence-electron chi connectivity index (χ2n) is 6.61. The van der Waals surface area contributed by atoms with Crippen LogP contribution in [0.5, 0.6) is 0 Å². The van der Waals surface area contributed by atoms with Crippen LogP contribution in [-0.4, -0.2) is 30.8 Å². The highest BCUT2D eigenvalue weighted by atomic mass is 19.1. The molecule has 5 nitrogen and oxygen atoms in total. The number of anilines is 2. The van der Waals surface area contributed by atoms with Gasteiger partial charge in [-0.15, -0.1) is 0 Å². The van der Waals surface area contributed by atoms with Gasteiger partial charge in [0.2, 0.25) is 0 Å². The van der Waals surface area contributed by atoms with Crippen LogP contribution < -0.4 is 16.0 Å². The van der Waals surface area contributed by atoms with Crippen molar-refractivity contribution in [2.45, 2.75) is 45.3 Å². The molecule has 1 fully saturated rings. The average molecular weight is 309 g/mol. The molecule has 0 spiro atoms. The quantitative estimate of drug-likeness (QED) is 0.824. The SMILES string of the molecule is CC(C)(C)OC(=O)N[C@@H]1CCCN(c2c(N)cccc2F)C1. The summed E-state index contributed by atoms with van der Waals surface area (Å²) < 4.78 is 19.3. The van der Waals surface area contributed by atoms with E-state index >= 15 is 0 Å². The molecular weight excluding hydrogens is 285 g/mol. The van der Waals surface area contributed by atoms with Crippen LogP contribution in [0, 0.1) is 5.82 Å². The predicted octanol–water partition coefficient (Wildman–Crippen LogP) is 2.90. The Balaban J connectivity index is 2.02. The van der Waals surface area contributed by atoms with E-state index < -0.39 is 11.7 Å². The molecule has 22 heavy (non-hydrogen) atoms. The number of carbonyl (C=O) groups is 1. The number of para-hydroxylation sites is 1. The van der Waals surface area contributed by atoms with Gasteiger partial charge < -0.3 is 20.7 Å². The standard InChI is InChI=1S/C16H24FN3O2/c1-16(2,3)22-15(21)19-11-6-5-9-20(10-11)14-12(17)7-4-8-13(14)18/h4,7-8,11H,5-6,9-10,18H2,1-3H3,(H,19,21)/t11-/m1/s1. The monoisotopic (exact) mass is 309 g/mol. The molecule has 1 atom stereocenters. The van der Waals surface area contributed by atoms with Gasteiger partial charge in [-0.05, 0) is 45.7 Å². The normalized spacial score (nSPS) is 18.9. The van der Waals surface area contributed by atoms with Gasteiger partial charge in [-0.25, -0.2) is 9.18 Å². The topological polar surface area (TPSA) is 67.6 Å². The van der Waals surface area contributed by atoms with Crippen molar-refractivity contribution in [2.75, 3.05) is 23.7 Å². The summed E-state index contributed by atoms with van der Waals surface area (Å²) in [6.07, 6.45) is 1.25. The van der Waals surface area contributed by atoms with Crippen LogP contribution in [0.25, 0.3) is 0 Å². The van der Waals surface area contributed by atoms with Crippen LogP contribution in [0.4, 0.5) is 20.6 Å². The third kappa shape index (κ3) is 4.26. The molecule has 1 aromatic rings. The van der Waals surface area contributed by atoms with Crippen LogP contribution >= 0.6 is 0 Å². The van der Waals surface area contributed by atoms with Crippen LogP contribution in [0.2, 0.25) is 0 Å². The lowest BCUT2D eigenvalue weighted by molar-refractivity contribution is 0.0500. The largest absolute Gasteiger partial charge is 0.444 e. The number of nitrogens with one attached hydrogen (secondary N) is 1. The lowest BCUT2D eigenvalue weighted by Gasteiger charge is -2.35. The number of nitrogen functional groups attached to an aromatic ring is 1. The summed E-state index contributed by atoms with van der Waals surface area (Å²) in [5, 5.41) is 2.85. The van der Waals surface area contributed by atoms with E-state index in [0.717, 1.165) is 19.4 Å². The molecule has 0 bridgehead atoms. The summed E-state index contributed by atoms with van der Waals surface area (Å²) in [6.45, 7) is 6.70. The van der Waals surface area contributed by atoms with Crippen LogP contribution in [-0.2, 0) is 4.74 Å². The van der Waals surface area contributed by atoms with Gasteiger partial charge >= 0.3 is 6.09 Å². The Morgan fingerprint density at radius 1 is 1.45 bits per heavy atom. The molecule has 122 valence electrons. The van der Waals surface area contributed by atoms with Gasteiger partial charge in [-0.3, -0.25) is 0 Å². The van der Waals surface area contributed by atoms with Gasteiger partial charge in [0.25, 0.3) is 0 Å². The maximum atomic E-state index is 14.0. The summed E-state index contributed by atoms with van der Waals surface area (Å²) in [5.74, 6) is -0.335. The summed E-state index contributed by atoms with van der Waals surface area (Å²) in [6, 6.07) is 4.59. The lowest BCUT2D eigenvalue weighted by atomic mass is 10.0. The smallest absolute Gasteiger partial charge is 0.407 e. The number of alkyl carbamates (subject to hydrolysis) is 1. The number of rotatable bonds is 2. The van der Waals surface area contributed by atoms with E-state index in [1.807, 2.05) is 25.7 Å².